The average molecular weight is 256 g/mol. The molecule has 0 fully saturated rings. The number of ether oxygens (including phenoxy) is 1. The second kappa shape index (κ2) is 6.36. The summed E-state index contributed by atoms with van der Waals surface area (Å²) in [5.74, 6) is -0.262. The molecule has 0 aliphatic heterocycles. The molecule has 7 heteroatoms. The lowest BCUT2D eigenvalue weighted by Crippen LogP contribution is -2.37. The van der Waals surface area contributed by atoms with Crippen LogP contribution in [0.15, 0.2) is 6.20 Å². The number of rotatable bonds is 6. The molecule has 1 unspecified atom stereocenters. The number of aliphatic hydroxyl groups is 1. The number of hydrogen-bond donors (Lipinski definition) is 2. The number of nitrogen functional groups attached to an aromatic ring is 1. The molecule has 1 atom stereocenters. The minimum atomic E-state index is -0.719. The van der Waals surface area contributed by atoms with Crippen molar-refractivity contribution < 1.29 is 14.6 Å². The van der Waals surface area contributed by atoms with E-state index < -0.39 is 6.10 Å². The Morgan fingerprint density at radius 3 is 2.94 bits per heavy atom. The molecular formula is C11H20N4O3. The summed E-state index contributed by atoms with van der Waals surface area (Å²) in [6.45, 7) is 2.80. The molecule has 0 saturated carbocycles. The third-order valence-corrected chi connectivity index (χ3v) is 2.56. The number of amides is 1. The number of methoxy groups -OCH3 is 1. The third kappa shape index (κ3) is 3.21. The Hall–Kier alpha value is -1.60. The summed E-state index contributed by atoms with van der Waals surface area (Å²) < 4.78 is 6.35. The van der Waals surface area contributed by atoms with Crippen molar-refractivity contribution in [3.05, 3.63) is 11.9 Å². The largest absolute Gasteiger partial charge is 0.396 e. The zero-order chi connectivity index (χ0) is 13.7. The van der Waals surface area contributed by atoms with Crippen LogP contribution < -0.4 is 5.73 Å². The fraction of sp³-hybridized carbons (Fsp3) is 0.636. The number of anilines is 1. The summed E-state index contributed by atoms with van der Waals surface area (Å²) in [5, 5.41) is 13.6. The molecule has 0 radical (unpaired) electrons. The summed E-state index contributed by atoms with van der Waals surface area (Å²) in [6, 6.07) is 0. The molecule has 0 aromatic carbocycles. The van der Waals surface area contributed by atoms with Crippen LogP contribution in [0.4, 0.5) is 5.69 Å². The van der Waals surface area contributed by atoms with Gasteiger partial charge >= 0.3 is 0 Å². The molecule has 7 nitrogen and oxygen atoms in total. The van der Waals surface area contributed by atoms with E-state index in [0.29, 0.717) is 17.9 Å². The van der Waals surface area contributed by atoms with Crippen molar-refractivity contribution in [1.82, 2.24) is 14.7 Å². The summed E-state index contributed by atoms with van der Waals surface area (Å²) in [5.41, 5.74) is 6.42. The van der Waals surface area contributed by atoms with E-state index in [9.17, 15) is 9.90 Å². The first-order valence-corrected chi connectivity index (χ1v) is 5.75. The number of carbonyl (C=O) groups excluding carboxylic acids is 1. The Balaban J connectivity index is 2.77. The van der Waals surface area contributed by atoms with Crippen molar-refractivity contribution in [2.24, 2.45) is 0 Å². The van der Waals surface area contributed by atoms with E-state index >= 15 is 0 Å². The lowest BCUT2D eigenvalue weighted by atomic mass is 10.3. The van der Waals surface area contributed by atoms with Gasteiger partial charge in [-0.25, -0.2) is 0 Å². The first-order valence-electron chi connectivity index (χ1n) is 5.75. The van der Waals surface area contributed by atoms with E-state index in [-0.39, 0.29) is 19.1 Å². The second-order valence-electron chi connectivity index (χ2n) is 4.06. The Labute approximate surface area is 106 Å². The fourth-order valence-corrected chi connectivity index (χ4v) is 1.70. The van der Waals surface area contributed by atoms with Crippen LogP contribution in [0.1, 0.15) is 17.4 Å². The van der Waals surface area contributed by atoms with Crippen molar-refractivity contribution in [2.75, 3.05) is 33.0 Å². The highest BCUT2D eigenvalue weighted by Gasteiger charge is 2.21. The molecule has 0 aliphatic rings. The van der Waals surface area contributed by atoms with Gasteiger partial charge in [-0.3, -0.25) is 9.48 Å². The van der Waals surface area contributed by atoms with Gasteiger partial charge in [0.1, 0.15) is 5.69 Å². The molecule has 1 heterocycles. The normalized spacial score (nSPS) is 12.4. The predicted octanol–water partition coefficient (Wildman–Crippen LogP) is -0.435. The van der Waals surface area contributed by atoms with Gasteiger partial charge in [-0.2, -0.15) is 5.10 Å². The number of hydrogen-bond acceptors (Lipinski definition) is 5. The van der Waals surface area contributed by atoms with Crippen LogP contribution in [-0.4, -0.2) is 59.1 Å². The first-order chi connectivity index (χ1) is 8.51. The lowest BCUT2D eigenvalue weighted by Gasteiger charge is -2.21. The van der Waals surface area contributed by atoms with Gasteiger partial charge in [-0.05, 0) is 6.92 Å². The first kappa shape index (κ1) is 14.5. The minimum Gasteiger partial charge on any atom is -0.396 e. The molecule has 0 bridgehead atoms. The maximum Gasteiger partial charge on any atom is 0.274 e. The Bertz CT molecular complexity index is 405. The van der Waals surface area contributed by atoms with Crippen molar-refractivity contribution in [3.8, 4) is 0 Å². The van der Waals surface area contributed by atoms with Gasteiger partial charge in [0.25, 0.3) is 5.91 Å². The number of likely N-dealkylation sites (N-methyl/N-ethyl adjacent to an activating group) is 1. The maximum absolute atomic E-state index is 12.2. The molecule has 1 aromatic heterocycles. The van der Waals surface area contributed by atoms with Crippen LogP contribution in [0.25, 0.3) is 0 Å². The molecule has 0 saturated heterocycles. The van der Waals surface area contributed by atoms with Gasteiger partial charge in [0.2, 0.25) is 0 Å². The number of aromatic nitrogens is 2. The number of aliphatic hydroxyl groups excluding tert-OH is 1. The Kier molecular flexibility index (Phi) is 5.11. The number of aryl methyl sites for hydroxylation is 1. The Morgan fingerprint density at radius 1 is 1.72 bits per heavy atom. The highest BCUT2D eigenvalue weighted by molar-refractivity contribution is 5.97. The van der Waals surface area contributed by atoms with Crippen LogP contribution in [0, 0.1) is 0 Å². The van der Waals surface area contributed by atoms with Crippen molar-refractivity contribution in [3.63, 3.8) is 0 Å². The van der Waals surface area contributed by atoms with Crippen LogP contribution in [0.5, 0.6) is 0 Å². The van der Waals surface area contributed by atoms with E-state index in [1.54, 1.807) is 7.05 Å². The van der Waals surface area contributed by atoms with E-state index in [4.69, 9.17) is 10.5 Å². The van der Waals surface area contributed by atoms with Gasteiger partial charge in [0.15, 0.2) is 0 Å². The third-order valence-electron chi connectivity index (χ3n) is 2.56. The van der Waals surface area contributed by atoms with E-state index in [1.807, 2.05) is 6.92 Å². The standard InChI is InChI=1S/C11H20N4O3/c1-4-15-10(9(12)5-13-15)11(17)14(2)6-8(16)7-18-3/h5,8,16H,4,6-7,12H2,1-3H3. The van der Waals surface area contributed by atoms with E-state index in [1.165, 1.54) is 22.9 Å². The number of nitrogens with two attached hydrogens (primary N) is 1. The van der Waals surface area contributed by atoms with Crippen molar-refractivity contribution in [1.29, 1.82) is 0 Å². The smallest absolute Gasteiger partial charge is 0.274 e. The van der Waals surface area contributed by atoms with Crippen molar-refractivity contribution in [2.45, 2.75) is 19.6 Å². The molecule has 1 rings (SSSR count). The lowest BCUT2D eigenvalue weighted by molar-refractivity contribution is 0.0376. The molecule has 102 valence electrons. The molecule has 0 spiro atoms. The quantitative estimate of drug-likeness (QED) is 0.720. The monoisotopic (exact) mass is 256 g/mol. The molecular weight excluding hydrogens is 236 g/mol. The van der Waals surface area contributed by atoms with Gasteiger partial charge in [-0.15, -0.1) is 0 Å². The van der Waals surface area contributed by atoms with Crippen molar-refractivity contribution >= 4 is 11.6 Å². The Morgan fingerprint density at radius 2 is 2.39 bits per heavy atom. The average Bonchev–Trinajstić information content (AvgIpc) is 2.69. The predicted molar refractivity (Wildman–Crippen MR) is 67.2 cm³/mol. The summed E-state index contributed by atoms with van der Waals surface area (Å²) >= 11 is 0. The molecule has 3 N–H and O–H groups in total. The van der Waals surface area contributed by atoms with Gasteiger partial charge in [-0.1, -0.05) is 0 Å². The highest BCUT2D eigenvalue weighted by Crippen LogP contribution is 2.13. The topological polar surface area (TPSA) is 93.6 Å². The summed E-state index contributed by atoms with van der Waals surface area (Å²) in [4.78, 5) is 13.6. The highest BCUT2D eigenvalue weighted by atomic mass is 16.5. The molecule has 18 heavy (non-hydrogen) atoms. The van der Waals surface area contributed by atoms with Gasteiger partial charge < -0.3 is 20.5 Å². The SMILES string of the molecule is CCn1ncc(N)c1C(=O)N(C)CC(O)COC. The van der Waals surface area contributed by atoms with Crippen LogP contribution in [-0.2, 0) is 11.3 Å². The number of nitrogens with zero attached hydrogens (tertiary/aromatic N) is 3. The summed E-state index contributed by atoms with van der Waals surface area (Å²) in [7, 11) is 3.10. The zero-order valence-corrected chi connectivity index (χ0v) is 11.0. The van der Waals surface area contributed by atoms with Gasteiger partial charge in [0, 0.05) is 27.2 Å². The molecule has 1 amide bonds. The van der Waals surface area contributed by atoms with Crippen LogP contribution in [0.2, 0.25) is 0 Å². The van der Waals surface area contributed by atoms with Crippen LogP contribution in [0.3, 0.4) is 0 Å². The minimum absolute atomic E-state index is 0.181. The molecule has 1 aromatic rings. The second-order valence-corrected chi connectivity index (χ2v) is 4.06. The molecule has 0 aliphatic carbocycles. The van der Waals surface area contributed by atoms with E-state index in [2.05, 4.69) is 5.10 Å². The summed E-state index contributed by atoms with van der Waals surface area (Å²) in [6.07, 6.45) is 0.735. The van der Waals surface area contributed by atoms with Crippen LogP contribution >= 0.6 is 0 Å². The zero-order valence-electron chi connectivity index (χ0n) is 11.0. The van der Waals surface area contributed by atoms with Gasteiger partial charge in [0.05, 0.1) is 24.6 Å². The number of carbonyl (C=O) groups is 1. The fourth-order valence-electron chi connectivity index (χ4n) is 1.70. The van der Waals surface area contributed by atoms with E-state index in [0.717, 1.165) is 0 Å². The maximum atomic E-state index is 12.2.